The van der Waals surface area contributed by atoms with Gasteiger partial charge in [0, 0.05) is 24.0 Å². The van der Waals surface area contributed by atoms with Crippen LogP contribution in [0.15, 0.2) is 42.5 Å². The van der Waals surface area contributed by atoms with Crippen molar-refractivity contribution in [3.05, 3.63) is 59.7 Å². The minimum absolute atomic E-state index is 0.131. The van der Waals surface area contributed by atoms with Gasteiger partial charge in [0.2, 0.25) is 11.8 Å². The first-order valence-corrected chi connectivity index (χ1v) is 8.52. The average Bonchev–Trinajstić information content (AvgIpc) is 3.41. The Hall–Kier alpha value is -2.76. The molecule has 2 aromatic rings. The number of amides is 2. The molecule has 1 fully saturated rings. The summed E-state index contributed by atoms with van der Waals surface area (Å²) in [5.41, 5.74) is 0.741. The van der Waals surface area contributed by atoms with Gasteiger partial charge in [0.25, 0.3) is 0 Å². The van der Waals surface area contributed by atoms with Gasteiger partial charge in [-0.05, 0) is 56.5 Å². The smallest absolute Gasteiger partial charge is 0.242 e. The molecule has 0 saturated heterocycles. The first-order valence-electron chi connectivity index (χ1n) is 8.52. The van der Waals surface area contributed by atoms with Gasteiger partial charge >= 0.3 is 0 Å². The largest absolute Gasteiger partial charge is 0.325 e. The van der Waals surface area contributed by atoms with Crippen molar-refractivity contribution in [2.45, 2.75) is 26.7 Å². The summed E-state index contributed by atoms with van der Waals surface area (Å²) in [6.45, 7) is 4.22. The van der Waals surface area contributed by atoms with Crippen molar-refractivity contribution < 1.29 is 18.4 Å². The van der Waals surface area contributed by atoms with E-state index < -0.39 is 23.0 Å². The molecule has 3 rings (SSSR count). The second kappa shape index (κ2) is 6.86. The van der Waals surface area contributed by atoms with Gasteiger partial charge in [-0.25, -0.2) is 8.78 Å². The number of nitrogens with zero attached hydrogens (tertiary/aromatic N) is 1. The van der Waals surface area contributed by atoms with Gasteiger partial charge in [0.05, 0.1) is 0 Å². The molecule has 1 N–H and O–H groups in total. The first-order chi connectivity index (χ1) is 12.4. The molecule has 1 saturated carbocycles. The summed E-state index contributed by atoms with van der Waals surface area (Å²) in [6.07, 6.45) is 0.868. The molecule has 0 aromatic heterocycles. The van der Waals surface area contributed by atoms with Crippen LogP contribution in [0.1, 0.15) is 25.3 Å². The van der Waals surface area contributed by atoms with Crippen LogP contribution in [-0.2, 0) is 9.59 Å². The quantitative estimate of drug-likeness (QED) is 0.820. The van der Waals surface area contributed by atoms with Crippen LogP contribution in [0.2, 0.25) is 0 Å². The predicted molar refractivity (Wildman–Crippen MR) is 95.9 cm³/mol. The Balaban J connectivity index is 1.81. The van der Waals surface area contributed by atoms with Crippen LogP contribution >= 0.6 is 0 Å². The maximum absolute atomic E-state index is 13.3. The molecule has 1 aliphatic carbocycles. The third-order valence-corrected chi connectivity index (χ3v) is 4.65. The highest BCUT2D eigenvalue weighted by Crippen LogP contribution is 2.48. The molecule has 0 radical (unpaired) electrons. The van der Waals surface area contributed by atoms with Gasteiger partial charge in [-0.15, -0.1) is 0 Å². The Morgan fingerprint density at radius 1 is 1.12 bits per heavy atom. The lowest BCUT2D eigenvalue weighted by molar-refractivity contribution is -0.132. The topological polar surface area (TPSA) is 49.4 Å². The van der Waals surface area contributed by atoms with Crippen LogP contribution in [0, 0.1) is 24.0 Å². The molecule has 26 heavy (non-hydrogen) atoms. The molecule has 1 aliphatic rings. The average molecular weight is 358 g/mol. The van der Waals surface area contributed by atoms with Gasteiger partial charge in [0.1, 0.15) is 5.41 Å². The van der Waals surface area contributed by atoms with E-state index in [0.29, 0.717) is 19.4 Å². The van der Waals surface area contributed by atoms with Crippen LogP contribution in [0.3, 0.4) is 0 Å². The lowest BCUT2D eigenvalue weighted by Crippen LogP contribution is -2.43. The standard InChI is InChI=1S/C20H20F2N2O2/c1-3-24(15-6-4-5-13(2)11-15)19(26)20(9-10-20)18(25)23-14-7-8-16(21)17(22)12-14/h4-8,11-12H,3,9-10H2,1-2H3,(H,23,25). The van der Waals surface area contributed by atoms with E-state index in [9.17, 15) is 18.4 Å². The summed E-state index contributed by atoms with van der Waals surface area (Å²) in [7, 11) is 0. The third-order valence-electron chi connectivity index (χ3n) is 4.65. The minimum Gasteiger partial charge on any atom is -0.325 e. The zero-order chi connectivity index (χ0) is 18.9. The number of halogens is 2. The highest BCUT2D eigenvalue weighted by molar-refractivity contribution is 6.17. The van der Waals surface area contributed by atoms with E-state index in [-0.39, 0.29) is 11.6 Å². The molecule has 0 bridgehead atoms. The molecular formula is C20H20F2N2O2. The summed E-state index contributed by atoms with van der Waals surface area (Å²) in [5.74, 6) is -2.80. The lowest BCUT2D eigenvalue weighted by atomic mass is 10.0. The lowest BCUT2D eigenvalue weighted by Gasteiger charge is -2.26. The SMILES string of the molecule is CCN(C(=O)C1(C(=O)Nc2ccc(F)c(F)c2)CC1)c1cccc(C)c1. The number of hydrogen-bond acceptors (Lipinski definition) is 2. The van der Waals surface area contributed by atoms with Crippen molar-refractivity contribution in [2.75, 3.05) is 16.8 Å². The number of aryl methyl sites for hydroxylation is 1. The minimum atomic E-state index is -1.15. The number of anilines is 2. The molecule has 6 heteroatoms. The Morgan fingerprint density at radius 2 is 1.85 bits per heavy atom. The molecule has 0 aliphatic heterocycles. The van der Waals surface area contributed by atoms with Crippen LogP contribution in [0.25, 0.3) is 0 Å². The second-order valence-corrected chi connectivity index (χ2v) is 6.55. The van der Waals surface area contributed by atoms with E-state index in [2.05, 4.69) is 5.32 Å². The fourth-order valence-electron chi connectivity index (χ4n) is 2.99. The summed E-state index contributed by atoms with van der Waals surface area (Å²) in [6, 6.07) is 10.6. The predicted octanol–water partition coefficient (Wildman–Crippen LogP) is 4.05. The van der Waals surface area contributed by atoms with E-state index in [1.54, 1.807) is 4.90 Å². The number of carbonyl (C=O) groups is 2. The monoisotopic (exact) mass is 358 g/mol. The normalized spacial score (nSPS) is 14.6. The molecular weight excluding hydrogens is 338 g/mol. The van der Waals surface area contributed by atoms with Crippen LogP contribution in [-0.4, -0.2) is 18.4 Å². The van der Waals surface area contributed by atoms with Gasteiger partial charge in [-0.3, -0.25) is 9.59 Å². The fraction of sp³-hybridized carbons (Fsp3) is 0.300. The number of benzene rings is 2. The number of carbonyl (C=O) groups excluding carboxylic acids is 2. The number of nitrogens with one attached hydrogen (secondary N) is 1. The van der Waals surface area contributed by atoms with Crippen LogP contribution in [0.4, 0.5) is 20.2 Å². The van der Waals surface area contributed by atoms with Crippen LogP contribution < -0.4 is 10.2 Å². The molecule has 4 nitrogen and oxygen atoms in total. The van der Waals surface area contributed by atoms with Crippen molar-refractivity contribution in [2.24, 2.45) is 5.41 Å². The van der Waals surface area contributed by atoms with Crippen molar-refractivity contribution in [1.82, 2.24) is 0 Å². The zero-order valence-electron chi connectivity index (χ0n) is 14.7. The summed E-state index contributed by atoms with van der Waals surface area (Å²) < 4.78 is 26.4. The van der Waals surface area contributed by atoms with E-state index in [0.717, 1.165) is 23.4 Å². The Labute approximate surface area is 150 Å². The summed E-state index contributed by atoms with van der Waals surface area (Å²) in [4.78, 5) is 27.3. The van der Waals surface area contributed by atoms with Gasteiger partial charge in [0.15, 0.2) is 11.6 Å². The van der Waals surface area contributed by atoms with Crippen molar-refractivity contribution >= 4 is 23.2 Å². The molecule has 0 heterocycles. The number of hydrogen-bond donors (Lipinski definition) is 1. The van der Waals surface area contributed by atoms with E-state index in [4.69, 9.17) is 0 Å². The molecule has 2 aromatic carbocycles. The molecule has 0 unspecified atom stereocenters. The summed E-state index contributed by atoms with van der Waals surface area (Å²) >= 11 is 0. The molecule has 0 atom stereocenters. The van der Waals surface area contributed by atoms with Gasteiger partial charge in [-0.2, -0.15) is 0 Å². The maximum Gasteiger partial charge on any atom is 0.242 e. The van der Waals surface area contributed by atoms with Crippen molar-refractivity contribution in [3.8, 4) is 0 Å². The van der Waals surface area contributed by atoms with Gasteiger partial charge in [-0.1, -0.05) is 12.1 Å². The van der Waals surface area contributed by atoms with E-state index in [1.165, 1.54) is 6.07 Å². The fourth-order valence-corrected chi connectivity index (χ4v) is 2.99. The Morgan fingerprint density at radius 3 is 2.42 bits per heavy atom. The molecule has 136 valence electrons. The molecule has 2 amide bonds. The zero-order valence-corrected chi connectivity index (χ0v) is 14.7. The van der Waals surface area contributed by atoms with E-state index >= 15 is 0 Å². The van der Waals surface area contributed by atoms with Gasteiger partial charge < -0.3 is 10.2 Å². The highest BCUT2D eigenvalue weighted by Gasteiger charge is 2.58. The maximum atomic E-state index is 13.3. The Kier molecular flexibility index (Phi) is 4.76. The summed E-state index contributed by atoms with van der Waals surface area (Å²) in [5, 5.41) is 2.54. The molecule has 0 spiro atoms. The Bertz CT molecular complexity index is 863. The van der Waals surface area contributed by atoms with E-state index in [1.807, 2.05) is 38.1 Å². The second-order valence-electron chi connectivity index (χ2n) is 6.55. The highest BCUT2D eigenvalue weighted by atomic mass is 19.2. The van der Waals surface area contributed by atoms with Crippen molar-refractivity contribution in [3.63, 3.8) is 0 Å². The van der Waals surface area contributed by atoms with Crippen molar-refractivity contribution in [1.29, 1.82) is 0 Å². The number of rotatable bonds is 5. The first kappa shape index (κ1) is 18.0. The third kappa shape index (κ3) is 3.31. The van der Waals surface area contributed by atoms with Crippen LogP contribution in [0.5, 0.6) is 0 Å².